The Kier molecular flexibility index (Phi) is 5.42. The van der Waals surface area contributed by atoms with E-state index in [1.54, 1.807) is 0 Å². The standard InChI is InChI=1S/C14H30N4/c1-13(2)18-6-4-14(12-18)15-5-7-17-10-8-16(3)9-11-17/h13-15H,4-12H2,1-3H3. The second-order valence-corrected chi connectivity index (χ2v) is 6.17. The summed E-state index contributed by atoms with van der Waals surface area (Å²) in [4.78, 5) is 7.58. The number of likely N-dealkylation sites (tertiary alicyclic amines) is 1. The van der Waals surface area contributed by atoms with Crippen molar-refractivity contribution in [1.29, 1.82) is 0 Å². The molecule has 0 amide bonds. The first-order valence-electron chi connectivity index (χ1n) is 7.53. The second-order valence-electron chi connectivity index (χ2n) is 6.17. The molecule has 0 aromatic carbocycles. The number of likely N-dealkylation sites (N-methyl/N-ethyl adjacent to an activating group) is 1. The monoisotopic (exact) mass is 254 g/mol. The van der Waals surface area contributed by atoms with Crippen molar-refractivity contribution in [2.75, 3.05) is 59.4 Å². The lowest BCUT2D eigenvalue weighted by Crippen LogP contribution is -2.47. The van der Waals surface area contributed by atoms with Crippen molar-refractivity contribution in [2.45, 2.75) is 32.4 Å². The molecule has 0 saturated carbocycles. The highest BCUT2D eigenvalue weighted by Gasteiger charge is 2.23. The number of rotatable bonds is 5. The largest absolute Gasteiger partial charge is 0.311 e. The van der Waals surface area contributed by atoms with Crippen LogP contribution in [0.2, 0.25) is 0 Å². The van der Waals surface area contributed by atoms with E-state index in [2.05, 4.69) is 40.9 Å². The van der Waals surface area contributed by atoms with Crippen LogP contribution in [0, 0.1) is 0 Å². The number of nitrogens with zero attached hydrogens (tertiary/aromatic N) is 3. The van der Waals surface area contributed by atoms with Gasteiger partial charge in [-0.3, -0.25) is 9.80 Å². The molecule has 0 spiro atoms. The van der Waals surface area contributed by atoms with E-state index in [4.69, 9.17) is 0 Å². The number of piperazine rings is 1. The first-order valence-corrected chi connectivity index (χ1v) is 7.53. The number of hydrogen-bond donors (Lipinski definition) is 1. The highest BCUT2D eigenvalue weighted by Crippen LogP contribution is 2.12. The van der Waals surface area contributed by atoms with Gasteiger partial charge in [0, 0.05) is 57.9 Å². The van der Waals surface area contributed by atoms with Crippen LogP contribution < -0.4 is 5.32 Å². The van der Waals surface area contributed by atoms with E-state index in [0.29, 0.717) is 6.04 Å². The fourth-order valence-corrected chi connectivity index (χ4v) is 2.92. The Bertz CT molecular complexity index is 236. The summed E-state index contributed by atoms with van der Waals surface area (Å²) >= 11 is 0. The molecule has 2 aliphatic rings. The highest BCUT2D eigenvalue weighted by atomic mass is 15.3. The van der Waals surface area contributed by atoms with Gasteiger partial charge in [0.25, 0.3) is 0 Å². The van der Waals surface area contributed by atoms with Crippen LogP contribution in [0.3, 0.4) is 0 Å². The molecule has 0 radical (unpaired) electrons. The zero-order valence-electron chi connectivity index (χ0n) is 12.4. The van der Waals surface area contributed by atoms with Gasteiger partial charge in [0.15, 0.2) is 0 Å². The molecule has 2 saturated heterocycles. The fourth-order valence-electron chi connectivity index (χ4n) is 2.92. The molecule has 2 fully saturated rings. The van der Waals surface area contributed by atoms with Gasteiger partial charge in [-0.2, -0.15) is 0 Å². The molecule has 2 rings (SSSR count). The maximum Gasteiger partial charge on any atom is 0.0207 e. The Morgan fingerprint density at radius 2 is 1.83 bits per heavy atom. The molecule has 0 aromatic rings. The minimum absolute atomic E-state index is 0.703. The smallest absolute Gasteiger partial charge is 0.0207 e. The van der Waals surface area contributed by atoms with Crippen LogP contribution in [0.15, 0.2) is 0 Å². The maximum absolute atomic E-state index is 3.73. The Morgan fingerprint density at radius 3 is 2.44 bits per heavy atom. The van der Waals surface area contributed by atoms with Gasteiger partial charge in [-0.1, -0.05) is 0 Å². The summed E-state index contributed by atoms with van der Waals surface area (Å²) in [6.45, 7) is 14.4. The predicted octanol–water partition coefficient (Wildman–Crippen LogP) is 0.306. The average Bonchev–Trinajstić information content (AvgIpc) is 2.81. The van der Waals surface area contributed by atoms with Crippen molar-refractivity contribution in [2.24, 2.45) is 0 Å². The molecule has 1 unspecified atom stereocenters. The lowest BCUT2D eigenvalue weighted by molar-refractivity contribution is 0.153. The summed E-state index contributed by atoms with van der Waals surface area (Å²) in [7, 11) is 2.22. The van der Waals surface area contributed by atoms with Crippen molar-refractivity contribution in [3.8, 4) is 0 Å². The number of nitrogens with one attached hydrogen (secondary N) is 1. The molecule has 0 aliphatic carbocycles. The normalized spacial score (nSPS) is 28.3. The predicted molar refractivity (Wildman–Crippen MR) is 77.1 cm³/mol. The zero-order chi connectivity index (χ0) is 13.0. The van der Waals surface area contributed by atoms with Gasteiger partial charge in [-0.15, -0.1) is 0 Å². The minimum atomic E-state index is 0.703. The van der Waals surface area contributed by atoms with E-state index in [-0.39, 0.29) is 0 Å². The molecule has 1 atom stereocenters. The maximum atomic E-state index is 3.73. The van der Waals surface area contributed by atoms with E-state index < -0.39 is 0 Å². The highest BCUT2D eigenvalue weighted by molar-refractivity contribution is 4.83. The molecule has 4 heteroatoms. The van der Waals surface area contributed by atoms with Crippen LogP contribution >= 0.6 is 0 Å². The lowest BCUT2D eigenvalue weighted by atomic mass is 10.2. The molecular formula is C14H30N4. The van der Waals surface area contributed by atoms with Crippen LogP contribution in [0.5, 0.6) is 0 Å². The molecule has 106 valence electrons. The van der Waals surface area contributed by atoms with Crippen LogP contribution in [0.1, 0.15) is 20.3 Å². The summed E-state index contributed by atoms with van der Waals surface area (Å²) < 4.78 is 0. The van der Waals surface area contributed by atoms with E-state index in [1.807, 2.05) is 0 Å². The van der Waals surface area contributed by atoms with Gasteiger partial charge in [0.2, 0.25) is 0 Å². The molecule has 2 aliphatic heterocycles. The van der Waals surface area contributed by atoms with Crippen molar-refractivity contribution in [3.05, 3.63) is 0 Å². The molecule has 18 heavy (non-hydrogen) atoms. The second kappa shape index (κ2) is 6.85. The van der Waals surface area contributed by atoms with Crippen LogP contribution in [0.4, 0.5) is 0 Å². The SMILES string of the molecule is CC(C)N1CCC(NCCN2CCN(C)CC2)C1. The lowest BCUT2D eigenvalue weighted by Gasteiger charge is -2.32. The molecular weight excluding hydrogens is 224 g/mol. The van der Waals surface area contributed by atoms with E-state index in [9.17, 15) is 0 Å². The Balaban J connectivity index is 1.56. The van der Waals surface area contributed by atoms with Crippen molar-refractivity contribution in [3.63, 3.8) is 0 Å². The first-order chi connectivity index (χ1) is 8.65. The zero-order valence-corrected chi connectivity index (χ0v) is 12.4. The third-order valence-corrected chi connectivity index (χ3v) is 4.41. The molecule has 0 aromatic heterocycles. The van der Waals surface area contributed by atoms with Crippen molar-refractivity contribution < 1.29 is 0 Å². The Labute approximate surface area is 112 Å². The summed E-state index contributed by atoms with van der Waals surface area (Å²) in [5, 5.41) is 3.73. The molecule has 1 N–H and O–H groups in total. The van der Waals surface area contributed by atoms with E-state index in [0.717, 1.165) is 12.6 Å². The van der Waals surface area contributed by atoms with Gasteiger partial charge in [0.05, 0.1) is 0 Å². The average molecular weight is 254 g/mol. The van der Waals surface area contributed by atoms with E-state index >= 15 is 0 Å². The van der Waals surface area contributed by atoms with Gasteiger partial charge in [0.1, 0.15) is 0 Å². The molecule has 4 nitrogen and oxygen atoms in total. The van der Waals surface area contributed by atoms with Gasteiger partial charge in [-0.25, -0.2) is 0 Å². The Morgan fingerprint density at radius 1 is 1.11 bits per heavy atom. The Hall–Kier alpha value is -0.160. The fraction of sp³-hybridized carbons (Fsp3) is 1.00. The van der Waals surface area contributed by atoms with Crippen LogP contribution in [-0.4, -0.2) is 86.2 Å². The third kappa shape index (κ3) is 4.19. The third-order valence-electron chi connectivity index (χ3n) is 4.41. The first kappa shape index (κ1) is 14.3. The van der Waals surface area contributed by atoms with Crippen molar-refractivity contribution in [1.82, 2.24) is 20.0 Å². The summed E-state index contributed by atoms with van der Waals surface area (Å²) in [5.74, 6) is 0. The minimum Gasteiger partial charge on any atom is -0.311 e. The summed E-state index contributed by atoms with van der Waals surface area (Å²) in [6.07, 6.45) is 1.32. The number of hydrogen-bond acceptors (Lipinski definition) is 4. The van der Waals surface area contributed by atoms with Gasteiger partial charge in [-0.05, 0) is 33.9 Å². The van der Waals surface area contributed by atoms with Gasteiger partial charge < -0.3 is 10.2 Å². The van der Waals surface area contributed by atoms with Crippen LogP contribution in [0.25, 0.3) is 0 Å². The van der Waals surface area contributed by atoms with E-state index in [1.165, 1.54) is 52.2 Å². The molecule has 0 bridgehead atoms. The quantitative estimate of drug-likeness (QED) is 0.762. The topological polar surface area (TPSA) is 21.8 Å². The van der Waals surface area contributed by atoms with Gasteiger partial charge >= 0.3 is 0 Å². The van der Waals surface area contributed by atoms with Crippen LogP contribution in [-0.2, 0) is 0 Å². The van der Waals surface area contributed by atoms with Crippen molar-refractivity contribution >= 4 is 0 Å². The summed E-state index contributed by atoms with van der Waals surface area (Å²) in [6, 6.07) is 1.43. The summed E-state index contributed by atoms with van der Waals surface area (Å²) in [5.41, 5.74) is 0. The molecule has 2 heterocycles.